The normalized spacial score (nSPS) is 14.9. The lowest BCUT2D eigenvalue weighted by Crippen LogP contribution is -2.46. The second-order valence-electron chi connectivity index (χ2n) is 3.54. The summed E-state index contributed by atoms with van der Waals surface area (Å²) in [5, 5.41) is 6.98. The molecule has 0 aromatic heterocycles. The third-order valence-electron chi connectivity index (χ3n) is 1.97. The first-order valence-electron chi connectivity index (χ1n) is 4.58. The van der Waals surface area contributed by atoms with Crippen LogP contribution < -0.4 is 10.5 Å². The molecule has 1 unspecified atom stereocenters. The van der Waals surface area contributed by atoms with Crippen LogP contribution in [0.3, 0.4) is 0 Å². The number of halogens is 3. The molecule has 0 aliphatic heterocycles. The maximum Gasteiger partial charge on any atom is 0.402 e. The molecular formula is C7H15F3N4O2S. The van der Waals surface area contributed by atoms with Crippen molar-refractivity contribution in [1.82, 2.24) is 9.03 Å². The summed E-state index contributed by atoms with van der Waals surface area (Å²) in [6, 6.07) is -0.696. The van der Waals surface area contributed by atoms with Gasteiger partial charge in [0.25, 0.3) is 10.2 Å². The average Bonchev–Trinajstić information content (AvgIpc) is 2.11. The van der Waals surface area contributed by atoms with Gasteiger partial charge in [-0.05, 0) is 6.92 Å². The summed E-state index contributed by atoms with van der Waals surface area (Å²) in [7, 11) is -3.11. The highest BCUT2D eigenvalue weighted by molar-refractivity contribution is 7.87. The molecule has 0 saturated heterocycles. The Kier molecular flexibility index (Phi) is 5.36. The van der Waals surface area contributed by atoms with E-state index in [4.69, 9.17) is 11.1 Å². The van der Waals surface area contributed by atoms with Crippen LogP contribution in [0.1, 0.15) is 13.3 Å². The van der Waals surface area contributed by atoms with Crippen LogP contribution in [0, 0.1) is 5.41 Å². The SMILES string of the molecule is CC(CC(=N)N)N(C)S(=O)(=O)NCC(F)(F)F. The van der Waals surface area contributed by atoms with Crippen molar-refractivity contribution in [2.45, 2.75) is 25.6 Å². The van der Waals surface area contributed by atoms with Gasteiger partial charge < -0.3 is 5.73 Å². The van der Waals surface area contributed by atoms with E-state index in [1.807, 2.05) is 0 Å². The predicted molar refractivity (Wildman–Crippen MR) is 56.7 cm³/mol. The van der Waals surface area contributed by atoms with Gasteiger partial charge in [-0.1, -0.05) is 0 Å². The molecule has 0 heterocycles. The number of nitrogens with one attached hydrogen (secondary N) is 2. The van der Waals surface area contributed by atoms with Crippen LogP contribution >= 0.6 is 0 Å². The zero-order valence-corrected chi connectivity index (χ0v) is 10.2. The van der Waals surface area contributed by atoms with Crippen LogP contribution in [0.2, 0.25) is 0 Å². The maximum absolute atomic E-state index is 11.9. The molecule has 0 aliphatic rings. The smallest absolute Gasteiger partial charge is 0.388 e. The highest BCUT2D eigenvalue weighted by Gasteiger charge is 2.32. The van der Waals surface area contributed by atoms with Crippen LogP contribution in [-0.2, 0) is 10.2 Å². The van der Waals surface area contributed by atoms with E-state index in [-0.39, 0.29) is 12.3 Å². The van der Waals surface area contributed by atoms with Crippen LogP contribution in [-0.4, -0.2) is 44.4 Å². The molecule has 6 nitrogen and oxygen atoms in total. The Bertz CT molecular complexity index is 368. The minimum atomic E-state index is -4.61. The zero-order valence-electron chi connectivity index (χ0n) is 9.37. The molecule has 0 fully saturated rings. The lowest BCUT2D eigenvalue weighted by atomic mass is 10.2. The van der Waals surface area contributed by atoms with Gasteiger partial charge in [0.15, 0.2) is 0 Å². The van der Waals surface area contributed by atoms with Crippen molar-refractivity contribution in [2.24, 2.45) is 5.73 Å². The number of nitrogens with two attached hydrogens (primary N) is 1. The second kappa shape index (κ2) is 5.65. The molecule has 0 radical (unpaired) electrons. The minimum Gasteiger partial charge on any atom is -0.388 e. The van der Waals surface area contributed by atoms with Gasteiger partial charge in [-0.15, -0.1) is 0 Å². The fraction of sp³-hybridized carbons (Fsp3) is 0.857. The molecule has 102 valence electrons. The zero-order chi connectivity index (χ0) is 13.9. The van der Waals surface area contributed by atoms with Crippen molar-refractivity contribution in [3.8, 4) is 0 Å². The summed E-state index contributed by atoms with van der Waals surface area (Å²) in [5.74, 6) is -0.240. The first kappa shape index (κ1) is 16.1. The Labute approximate surface area is 97.7 Å². The Morgan fingerprint density at radius 3 is 2.35 bits per heavy atom. The van der Waals surface area contributed by atoms with Crippen molar-refractivity contribution in [1.29, 1.82) is 5.41 Å². The summed E-state index contributed by atoms with van der Waals surface area (Å²) >= 11 is 0. The van der Waals surface area contributed by atoms with E-state index in [2.05, 4.69) is 0 Å². The third-order valence-corrected chi connectivity index (χ3v) is 3.60. The number of nitrogens with zero attached hydrogens (tertiary/aromatic N) is 1. The number of hydrogen-bond acceptors (Lipinski definition) is 3. The van der Waals surface area contributed by atoms with Gasteiger partial charge in [0.05, 0.1) is 5.84 Å². The van der Waals surface area contributed by atoms with Crippen LogP contribution in [0.25, 0.3) is 0 Å². The number of rotatable bonds is 6. The average molecular weight is 276 g/mol. The molecule has 0 rings (SSSR count). The van der Waals surface area contributed by atoms with E-state index < -0.39 is 29.0 Å². The molecule has 0 aromatic rings. The van der Waals surface area contributed by atoms with Gasteiger partial charge in [-0.2, -0.15) is 30.6 Å². The maximum atomic E-state index is 11.9. The fourth-order valence-corrected chi connectivity index (χ4v) is 2.06. The van der Waals surface area contributed by atoms with Gasteiger partial charge in [0.2, 0.25) is 0 Å². The van der Waals surface area contributed by atoms with E-state index >= 15 is 0 Å². The van der Waals surface area contributed by atoms with Crippen molar-refractivity contribution >= 4 is 16.0 Å². The molecule has 0 bridgehead atoms. The van der Waals surface area contributed by atoms with E-state index in [0.717, 1.165) is 7.05 Å². The van der Waals surface area contributed by atoms with Gasteiger partial charge in [-0.25, -0.2) is 0 Å². The quantitative estimate of drug-likeness (QED) is 0.471. The highest BCUT2D eigenvalue weighted by Crippen LogP contribution is 2.14. The fourth-order valence-electron chi connectivity index (χ4n) is 0.959. The molecule has 0 spiro atoms. The van der Waals surface area contributed by atoms with Crippen molar-refractivity contribution < 1.29 is 21.6 Å². The van der Waals surface area contributed by atoms with Crippen molar-refractivity contribution in [2.75, 3.05) is 13.6 Å². The van der Waals surface area contributed by atoms with E-state index in [9.17, 15) is 21.6 Å². The number of hydrogen-bond donors (Lipinski definition) is 3. The molecule has 0 aliphatic carbocycles. The monoisotopic (exact) mass is 276 g/mol. The van der Waals surface area contributed by atoms with E-state index in [1.54, 1.807) is 0 Å². The van der Waals surface area contributed by atoms with Gasteiger partial charge in [-0.3, -0.25) is 5.41 Å². The summed E-state index contributed by atoms with van der Waals surface area (Å²) in [6.45, 7) is -0.194. The summed E-state index contributed by atoms with van der Waals surface area (Å²) in [4.78, 5) is 0. The standard InChI is InChI=1S/C7H15F3N4O2S/c1-5(3-6(11)12)14(2)17(15,16)13-4-7(8,9)10/h5,13H,3-4H2,1-2H3,(H3,11,12). The Balaban J connectivity index is 4.55. The summed E-state index contributed by atoms with van der Waals surface area (Å²) in [6.07, 6.45) is -4.67. The van der Waals surface area contributed by atoms with Gasteiger partial charge >= 0.3 is 6.18 Å². The lowest BCUT2D eigenvalue weighted by Gasteiger charge is -2.24. The van der Waals surface area contributed by atoms with E-state index in [1.165, 1.54) is 11.6 Å². The van der Waals surface area contributed by atoms with Gasteiger partial charge in [0, 0.05) is 19.5 Å². The first-order chi connectivity index (χ1) is 7.46. The second-order valence-corrected chi connectivity index (χ2v) is 5.35. The minimum absolute atomic E-state index is 0.0522. The van der Waals surface area contributed by atoms with Crippen LogP contribution in [0.5, 0.6) is 0 Å². The Hall–Kier alpha value is -0.870. The lowest BCUT2D eigenvalue weighted by molar-refractivity contribution is -0.121. The molecule has 4 N–H and O–H groups in total. The van der Waals surface area contributed by atoms with Gasteiger partial charge in [0.1, 0.15) is 6.54 Å². The summed E-state index contributed by atoms with van der Waals surface area (Å²) in [5.41, 5.74) is 5.08. The molecule has 0 amide bonds. The molecule has 10 heteroatoms. The van der Waals surface area contributed by atoms with Crippen molar-refractivity contribution in [3.05, 3.63) is 0 Å². The predicted octanol–water partition coefficient (Wildman–Crippen LogP) is 0.0295. The number of alkyl halides is 3. The summed E-state index contributed by atoms with van der Waals surface area (Å²) < 4.78 is 60.5. The van der Waals surface area contributed by atoms with Crippen molar-refractivity contribution in [3.63, 3.8) is 0 Å². The van der Waals surface area contributed by atoms with E-state index in [0.29, 0.717) is 4.31 Å². The Morgan fingerprint density at radius 1 is 1.53 bits per heavy atom. The topological polar surface area (TPSA) is 99.3 Å². The third kappa shape index (κ3) is 6.44. The highest BCUT2D eigenvalue weighted by atomic mass is 32.2. The van der Waals surface area contributed by atoms with Crippen LogP contribution in [0.4, 0.5) is 13.2 Å². The molecule has 1 atom stereocenters. The molecule has 17 heavy (non-hydrogen) atoms. The number of amidine groups is 1. The Morgan fingerprint density at radius 2 is 2.00 bits per heavy atom. The molecule has 0 saturated carbocycles. The molecular weight excluding hydrogens is 261 g/mol. The molecule has 0 aromatic carbocycles. The first-order valence-corrected chi connectivity index (χ1v) is 6.02. The largest absolute Gasteiger partial charge is 0.402 e. The van der Waals surface area contributed by atoms with Crippen LogP contribution in [0.15, 0.2) is 0 Å².